The number of nitrogens with zero attached hydrogens (tertiary/aromatic N) is 1. The molecule has 154 valence electrons. The van der Waals surface area contributed by atoms with Crippen molar-refractivity contribution in [3.8, 4) is 0 Å². The molecule has 30 heavy (non-hydrogen) atoms. The fraction of sp³-hybridized carbons (Fsp3) is 0.273. The Morgan fingerprint density at radius 1 is 1.10 bits per heavy atom. The van der Waals surface area contributed by atoms with Crippen LogP contribution in [0.1, 0.15) is 40.4 Å². The summed E-state index contributed by atoms with van der Waals surface area (Å²) in [6.07, 6.45) is 3.07. The number of carbonyl (C=O) groups excluding carboxylic acids is 4. The topological polar surface area (TPSA) is 122 Å². The van der Waals surface area contributed by atoms with E-state index in [1.807, 2.05) is 18.2 Å². The van der Waals surface area contributed by atoms with E-state index in [2.05, 4.69) is 10.6 Å². The molecule has 1 atom stereocenters. The van der Waals surface area contributed by atoms with E-state index in [0.29, 0.717) is 16.8 Å². The third kappa shape index (κ3) is 3.41. The van der Waals surface area contributed by atoms with Gasteiger partial charge in [0.2, 0.25) is 11.8 Å². The van der Waals surface area contributed by atoms with Gasteiger partial charge < -0.3 is 16.4 Å². The Hall–Kier alpha value is -3.68. The Morgan fingerprint density at radius 3 is 2.50 bits per heavy atom. The molecule has 1 unspecified atom stereocenters. The number of anilines is 1. The number of carbonyl (C=O) groups is 4. The first-order chi connectivity index (χ1) is 14.3. The van der Waals surface area contributed by atoms with Crippen LogP contribution in [-0.4, -0.2) is 35.2 Å². The minimum Gasteiger partial charge on any atom is -0.366 e. The number of imide groups is 1. The summed E-state index contributed by atoms with van der Waals surface area (Å²) in [5.41, 5.74) is 7.91. The zero-order valence-electron chi connectivity index (χ0n) is 16.5. The molecule has 1 fully saturated rings. The van der Waals surface area contributed by atoms with Crippen LogP contribution in [-0.2, 0) is 28.0 Å². The van der Waals surface area contributed by atoms with Crippen molar-refractivity contribution < 1.29 is 19.2 Å². The number of hydrogen-bond acceptors (Lipinski definition) is 4. The second-order valence-electron chi connectivity index (χ2n) is 7.77. The highest BCUT2D eigenvalue weighted by Gasteiger charge is 2.49. The lowest BCUT2D eigenvalue weighted by atomic mass is 9.89. The van der Waals surface area contributed by atoms with Crippen molar-refractivity contribution in [2.75, 3.05) is 11.9 Å². The summed E-state index contributed by atoms with van der Waals surface area (Å²) >= 11 is 0. The van der Waals surface area contributed by atoms with Crippen molar-refractivity contribution >= 4 is 29.4 Å². The number of amides is 5. The number of benzene rings is 2. The van der Waals surface area contributed by atoms with Crippen molar-refractivity contribution in [3.63, 3.8) is 0 Å². The number of rotatable bonds is 5. The molecule has 1 heterocycles. The van der Waals surface area contributed by atoms with Crippen molar-refractivity contribution in [1.82, 2.24) is 10.2 Å². The monoisotopic (exact) mass is 406 g/mol. The summed E-state index contributed by atoms with van der Waals surface area (Å²) in [4.78, 5) is 50.0. The zero-order chi connectivity index (χ0) is 21.5. The molecule has 0 aromatic heterocycles. The number of urea groups is 1. The Morgan fingerprint density at radius 2 is 1.80 bits per heavy atom. The molecule has 2 aliphatic rings. The Balaban J connectivity index is 1.47. The van der Waals surface area contributed by atoms with Gasteiger partial charge in [0.15, 0.2) is 0 Å². The second kappa shape index (κ2) is 7.29. The van der Waals surface area contributed by atoms with Gasteiger partial charge >= 0.3 is 6.03 Å². The fourth-order valence-corrected chi connectivity index (χ4v) is 3.98. The fourth-order valence-electron chi connectivity index (χ4n) is 3.98. The minimum absolute atomic E-state index is 0.312. The van der Waals surface area contributed by atoms with Gasteiger partial charge in [-0.2, -0.15) is 0 Å². The van der Waals surface area contributed by atoms with E-state index in [0.717, 1.165) is 24.2 Å². The summed E-state index contributed by atoms with van der Waals surface area (Å²) in [6, 6.07) is 11.3. The summed E-state index contributed by atoms with van der Waals surface area (Å²) in [5.74, 6) is -1.56. The third-order valence-corrected chi connectivity index (χ3v) is 5.71. The summed E-state index contributed by atoms with van der Waals surface area (Å²) in [5, 5.41) is 5.35. The van der Waals surface area contributed by atoms with E-state index in [1.165, 1.54) is 35.4 Å². The molecule has 1 aliphatic heterocycles. The Kier molecular flexibility index (Phi) is 4.77. The van der Waals surface area contributed by atoms with Crippen LogP contribution in [0.4, 0.5) is 10.5 Å². The van der Waals surface area contributed by atoms with Gasteiger partial charge in [0.25, 0.3) is 5.91 Å². The zero-order valence-corrected chi connectivity index (χ0v) is 16.5. The highest BCUT2D eigenvalue weighted by molar-refractivity contribution is 6.10. The molecule has 1 saturated heterocycles. The number of aryl methyl sites for hydroxylation is 2. The molecule has 4 N–H and O–H groups in total. The van der Waals surface area contributed by atoms with Gasteiger partial charge in [0.1, 0.15) is 12.1 Å². The normalized spacial score (nSPS) is 20.1. The van der Waals surface area contributed by atoms with Crippen LogP contribution in [0.2, 0.25) is 0 Å². The lowest BCUT2D eigenvalue weighted by Crippen LogP contribution is -2.42. The van der Waals surface area contributed by atoms with Crippen LogP contribution in [0.15, 0.2) is 42.5 Å². The van der Waals surface area contributed by atoms with E-state index in [1.54, 1.807) is 6.92 Å². The number of hydrogen-bond donors (Lipinski definition) is 3. The lowest BCUT2D eigenvalue weighted by molar-refractivity contribution is -0.133. The molecule has 2 aromatic carbocycles. The van der Waals surface area contributed by atoms with Crippen molar-refractivity contribution in [2.45, 2.75) is 31.7 Å². The van der Waals surface area contributed by atoms with Gasteiger partial charge in [0, 0.05) is 11.3 Å². The van der Waals surface area contributed by atoms with Crippen LogP contribution in [0, 0.1) is 0 Å². The molecule has 5 amide bonds. The smallest absolute Gasteiger partial charge is 0.325 e. The molecule has 0 radical (unpaired) electrons. The van der Waals surface area contributed by atoms with Crippen molar-refractivity contribution in [1.29, 1.82) is 0 Å². The van der Waals surface area contributed by atoms with Gasteiger partial charge in [-0.3, -0.25) is 19.3 Å². The molecule has 8 heteroatoms. The molecule has 2 aromatic rings. The van der Waals surface area contributed by atoms with E-state index < -0.39 is 35.8 Å². The molecule has 0 bridgehead atoms. The predicted molar refractivity (Wildman–Crippen MR) is 110 cm³/mol. The van der Waals surface area contributed by atoms with Crippen LogP contribution in [0.5, 0.6) is 0 Å². The SMILES string of the molecule is CC1(c2ccc3c(c2)CCC3)NC(=O)N(CC(=O)Nc2ccc(C(N)=O)cc2)C1=O. The maximum atomic E-state index is 13.1. The van der Waals surface area contributed by atoms with E-state index >= 15 is 0 Å². The minimum atomic E-state index is -1.21. The molecule has 1 aliphatic carbocycles. The average molecular weight is 406 g/mol. The first-order valence-corrected chi connectivity index (χ1v) is 9.74. The summed E-state index contributed by atoms with van der Waals surface area (Å²) in [6.45, 7) is 1.24. The first-order valence-electron chi connectivity index (χ1n) is 9.74. The molecule has 8 nitrogen and oxygen atoms in total. The molecule has 0 saturated carbocycles. The first kappa shape index (κ1) is 19.6. The number of fused-ring (bicyclic) bond motifs is 1. The van der Waals surface area contributed by atoms with Crippen LogP contribution in [0.3, 0.4) is 0 Å². The van der Waals surface area contributed by atoms with Crippen molar-refractivity contribution in [2.24, 2.45) is 5.73 Å². The molecular weight excluding hydrogens is 384 g/mol. The van der Waals surface area contributed by atoms with Gasteiger partial charge in [0.05, 0.1) is 0 Å². The maximum absolute atomic E-state index is 13.1. The van der Waals surface area contributed by atoms with Crippen LogP contribution >= 0.6 is 0 Å². The lowest BCUT2D eigenvalue weighted by Gasteiger charge is -2.23. The second-order valence-corrected chi connectivity index (χ2v) is 7.77. The molecular formula is C22H22N4O4. The summed E-state index contributed by atoms with van der Waals surface area (Å²) in [7, 11) is 0. The van der Waals surface area contributed by atoms with Gasteiger partial charge in [-0.05, 0) is 67.1 Å². The molecule has 4 rings (SSSR count). The predicted octanol–water partition coefficient (Wildman–Crippen LogP) is 1.68. The highest BCUT2D eigenvalue weighted by Crippen LogP contribution is 2.32. The van der Waals surface area contributed by atoms with E-state index in [9.17, 15) is 19.2 Å². The quantitative estimate of drug-likeness (QED) is 0.654. The standard InChI is InChI=1S/C22H22N4O4/c1-22(16-8-5-13-3-2-4-15(13)11-16)20(29)26(21(30)25-22)12-18(27)24-17-9-6-14(7-10-17)19(23)28/h5-11H,2-4,12H2,1H3,(H2,23,28)(H,24,27)(H,25,30). The van der Waals surface area contributed by atoms with Crippen LogP contribution < -0.4 is 16.4 Å². The average Bonchev–Trinajstić information content (AvgIpc) is 3.27. The van der Waals surface area contributed by atoms with Crippen molar-refractivity contribution in [3.05, 3.63) is 64.7 Å². The Labute approximate surface area is 173 Å². The van der Waals surface area contributed by atoms with Gasteiger partial charge in [-0.15, -0.1) is 0 Å². The molecule has 0 spiro atoms. The third-order valence-electron chi connectivity index (χ3n) is 5.71. The highest BCUT2D eigenvalue weighted by atomic mass is 16.2. The maximum Gasteiger partial charge on any atom is 0.325 e. The number of nitrogens with one attached hydrogen (secondary N) is 2. The van der Waals surface area contributed by atoms with E-state index in [-0.39, 0.29) is 0 Å². The number of primary amides is 1. The van der Waals surface area contributed by atoms with Gasteiger partial charge in [-0.1, -0.05) is 18.2 Å². The summed E-state index contributed by atoms with van der Waals surface area (Å²) < 4.78 is 0. The Bertz CT molecular complexity index is 1060. The van der Waals surface area contributed by atoms with Crippen LogP contribution in [0.25, 0.3) is 0 Å². The van der Waals surface area contributed by atoms with Gasteiger partial charge in [-0.25, -0.2) is 4.79 Å². The van der Waals surface area contributed by atoms with E-state index in [4.69, 9.17) is 5.73 Å². The largest absolute Gasteiger partial charge is 0.366 e. The number of nitrogens with two attached hydrogens (primary N) is 1.